The van der Waals surface area contributed by atoms with Gasteiger partial charge in [-0.05, 0) is 20.3 Å². The van der Waals surface area contributed by atoms with Gasteiger partial charge in [0.05, 0.1) is 6.61 Å². The van der Waals surface area contributed by atoms with Gasteiger partial charge in [0.2, 0.25) is 0 Å². The van der Waals surface area contributed by atoms with Crippen molar-refractivity contribution in [1.29, 1.82) is 0 Å². The van der Waals surface area contributed by atoms with Gasteiger partial charge in [-0.1, -0.05) is 0 Å². The molecule has 0 aromatic heterocycles. The molecule has 0 saturated carbocycles. The molecule has 0 aromatic carbocycles. The molecule has 1 heterocycles. The van der Waals surface area contributed by atoms with E-state index in [1.807, 2.05) is 0 Å². The number of rotatable bonds is 6. The molecule has 1 saturated heterocycles. The summed E-state index contributed by atoms with van der Waals surface area (Å²) < 4.78 is 15.8. The Morgan fingerprint density at radius 2 is 1.73 bits per heavy atom. The van der Waals surface area contributed by atoms with Crippen LogP contribution in [-0.4, -0.2) is 37.4 Å². The number of carbonyl (C=O) groups excluding carboxylic acids is 2. The second-order valence-corrected chi connectivity index (χ2v) is 3.62. The Labute approximate surface area is 88.7 Å². The monoisotopic (exact) mass is 216 g/mol. The van der Waals surface area contributed by atoms with Crippen LogP contribution < -0.4 is 0 Å². The number of Topliss-reactive ketones (excluding diaryl/α,β-unsaturated/α-hetero) is 2. The van der Waals surface area contributed by atoms with Crippen LogP contribution in [0.25, 0.3) is 0 Å². The SMILES string of the molecule is CC(=O)COC1(OCC(C)=O)CCCO1. The zero-order valence-electron chi connectivity index (χ0n) is 9.08. The highest BCUT2D eigenvalue weighted by Gasteiger charge is 2.38. The Hall–Kier alpha value is -0.780. The van der Waals surface area contributed by atoms with Crippen LogP contribution in [0.5, 0.6) is 0 Å². The van der Waals surface area contributed by atoms with Gasteiger partial charge in [-0.25, -0.2) is 0 Å². The van der Waals surface area contributed by atoms with Crippen LogP contribution in [0, 0.1) is 0 Å². The third kappa shape index (κ3) is 4.07. The summed E-state index contributed by atoms with van der Waals surface area (Å²) in [4.78, 5) is 21.6. The summed E-state index contributed by atoms with van der Waals surface area (Å²) in [6, 6.07) is 0. The van der Waals surface area contributed by atoms with Crippen LogP contribution in [0.1, 0.15) is 26.7 Å². The van der Waals surface area contributed by atoms with E-state index in [0.29, 0.717) is 13.0 Å². The topological polar surface area (TPSA) is 61.8 Å². The zero-order valence-corrected chi connectivity index (χ0v) is 9.08. The van der Waals surface area contributed by atoms with E-state index in [-0.39, 0.29) is 24.8 Å². The lowest BCUT2D eigenvalue weighted by Gasteiger charge is -2.27. The molecule has 1 rings (SSSR count). The second-order valence-electron chi connectivity index (χ2n) is 3.62. The summed E-state index contributed by atoms with van der Waals surface area (Å²) in [6.45, 7) is 3.26. The molecule has 0 radical (unpaired) electrons. The highest BCUT2D eigenvalue weighted by atomic mass is 16.9. The quantitative estimate of drug-likeness (QED) is 0.610. The van der Waals surface area contributed by atoms with E-state index in [1.165, 1.54) is 13.8 Å². The highest BCUT2D eigenvalue weighted by Crippen LogP contribution is 2.28. The number of hydrogen-bond donors (Lipinski definition) is 0. The van der Waals surface area contributed by atoms with Crippen molar-refractivity contribution in [3.63, 3.8) is 0 Å². The minimum absolute atomic E-state index is 0.0576. The van der Waals surface area contributed by atoms with Crippen LogP contribution in [-0.2, 0) is 23.8 Å². The fraction of sp³-hybridized carbons (Fsp3) is 0.800. The van der Waals surface area contributed by atoms with Gasteiger partial charge in [0.15, 0.2) is 11.6 Å². The Morgan fingerprint density at radius 1 is 1.20 bits per heavy atom. The van der Waals surface area contributed by atoms with Crippen LogP contribution in [0.4, 0.5) is 0 Å². The van der Waals surface area contributed by atoms with Gasteiger partial charge < -0.3 is 14.2 Å². The smallest absolute Gasteiger partial charge is 0.283 e. The Balaban J connectivity index is 2.46. The summed E-state index contributed by atoms with van der Waals surface area (Å²) in [7, 11) is 0. The molecular formula is C10H16O5. The van der Waals surface area contributed by atoms with E-state index in [2.05, 4.69) is 0 Å². The lowest BCUT2D eigenvalue weighted by atomic mass is 10.3. The molecule has 86 valence electrons. The Kier molecular flexibility index (Phi) is 4.38. The summed E-state index contributed by atoms with van der Waals surface area (Å²) in [5.41, 5.74) is 0. The number of carbonyl (C=O) groups is 2. The normalized spacial score (nSPS) is 19.1. The van der Waals surface area contributed by atoms with Crippen LogP contribution in [0.3, 0.4) is 0 Å². The number of ketones is 2. The Morgan fingerprint density at radius 3 is 2.07 bits per heavy atom. The maximum absolute atomic E-state index is 10.8. The molecule has 0 aliphatic carbocycles. The van der Waals surface area contributed by atoms with Crippen LogP contribution in [0.2, 0.25) is 0 Å². The van der Waals surface area contributed by atoms with E-state index in [9.17, 15) is 9.59 Å². The second kappa shape index (κ2) is 5.34. The van der Waals surface area contributed by atoms with Crippen molar-refractivity contribution in [2.45, 2.75) is 32.7 Å². The van der Waals surface area contributed by atoms with Gasteiger partial charge in [-0.2, -0.15) is 0 Å². The molecular weight excluding hydrogens is 200 g/mol. The van der Waals surface area contributed by atoms with Crippen molar-refractivity contribution in [2.75, 3.05) is 19.8 Å². The third-order valence-electron chi connectivity index (χ3n) is 1.94. The number of ether oxygens (including phenoxy) is 3. The van der Waals surface area contributed by atoms with Crippen LogP contribution >= 0.6 is 0 Å². The van der Waals surface area contributed by atoms with Gasteiger partial charge in [0.25, 0.3) is 5.97 Å². The summed E-state index contributed by atoms with van der Waals surface area (Å²) >= 11 is 0. The number of hydrogen-bond acceptors (Lipinski definition) is 5. The molecule has 0 unspecified atom stereocenters. The molecule has 0 spiro atoms. The van der Waals surface area contributed by atoms with Crippen molar-refractivity contribution in [2.24, 2.45) is 0 Å². The maximum Gasteiger partial charge on any atom is 0.283 e. The molecule has 1 aliphatic rings. The van der Waals surface area contributed by atoms with Gasteiger partial charge in [-0.15, -0.1) is 0 Å². The Bertz CT molecular complexity index is 222. The largest absolute Gasteiger partial charge is 0.327 e. The molecule has 5 nitrogen and oxygen atoms in total. The van der Waals surface area contributed by atoms with E-state index in [4.69, 9.17) is 14.2 Å². The molecule has 0 bridgehead atoms. The fourth-order valence-electron chi connectivity index (χ4n) is 1.28. The molecule has 0 atom stereocenters. The van der Waals surface area contributed by atoms with E-state index < -0.39 is 5.97 Å². The van der Waals surface area contributed by atoms with Crippen molar-refractivity contribution >= 4 is 11.6 Å². The maximum atomic E-state index is 10.8. The summed E-state index contributed by atoms with van der Waals surface area (Å²) in [5, 5.41) is 0. The first-order chi connectivity index (χ1) is 7.04. The summed E-state index contributed by atoms with van der Waals surface area (Å²) in [6.07, 6.45) is 1.35. The first-order valence-corrected chi connectivity index (χ1v) is 4.95. The highest BCUT2D eigenvalue weighted by molar-refractivity contribution is 5.77. The van der Waals surface area contributed by atoms with E-state index >= 15 is 0 Å². The van der Waals surface area contributed by atoms with Crippen LogP contribution in [0.15, 0.2) is 0 Å². The lowest BCUT2D eigenvalue weighted by Crippen LogP contribution is -2.38. The standard InChI is InChI=1S/C10H16O5/c1-8(11)6-14-10(4-3-5-13-10)15-7-9(2)12/h3-7H2,1-2H3. The predicted molar refractivity (Wildman–Crippen MR) is 51.2 cm³/mol. The fourth-order valence-corrected chi connectivity index (χ4v) is 1.28. The van der Waals surface area contributed by atoms with E-state index in [1.54, 1.807) is 0 Å². The summed E-state index contributed by atoms with van der Waals surface area (Å²) in [5.74, 6) is -1.38. The molecule has 1 aliphatic heterocycles. The van der Waals surface area contributed by atoms with Gasteiger partial charge in [-0.3, -0.25) is 9.59 Å². The molecule has 0 N–H and O–H groups in total. The van der Waals surface area contributed by atoms with Crippen molar-refractivity contribution in [3.05, 3.63) is 0 Å². The van der Waals surface area contributed by atoms with Crippen molar-refractivity contribution in [3.8, 4) is 0 Å². The van der Waals surface area contributed by atoms with Gasteiger partial charge >= 0.3 is 0 Å². The average molecular weight is 216 g/mol. The third-order valence-corrected chi connectivity index (χ3v) is 1.94. The molecule has 15 heavy (non-hydrogen) atoms. The first kappa shape index (κ1) is 12.3. The zero-order chi connectivity index (χ0) is 11.3. The average Bonchev–Trinajstić information content (AvgIpc) is 2.61. The minimum Gasteiger partial charge on any atom is -0.327 e. The minimum atomic E-state index is -1.18. The van der Waals surface area contributed by atoms with E-state index in [0.717, 1.165) is 6.42 Å². The molecule has 0 amide bonds. The predicted octanol–water partition coefficient (Wildman–Crippen LogP) is 0.662. The van der Waals surface area contributed by atoms with Gasteiger partial charge in [0.1, 0.15) is 13.2 Å². The lowest BCUT2D eigenvalue weighted by molar-refractivity contribution is -0.354. The van der Waals surface area contributed by atoms with Gasteiger partial charge in [0, 0.05) is 6.42 Å². The van der Waals surface area contributed by atoms with Crippen molar-refractivity contribution < 1.29 is 23.8 Å². The molecule has 1 fully saturated rings. The molecule has 5 heteroatoms. The molecule has 0 aromatic rings. The first-order valence-electron chi connectivity index (χ1n) is 4.95. The van der Waals surface area contributed by atoms with Crippen molar-refractivity contribution in [1.82, 2.24) is 0 Å².